The van der Waals surface area contributed by atoms with Crippen LogP contribution < -0.4 is 5.32 Å². The van der Waals surface area contributed by atoms with Crippen molar-refractivity contribution in [1.29, 1.82) is 0 Å². The van der Waals surface area contributed by atoms with Crippen molar-refractivity contribution in [3.63, 3.8) is 0 Å². The number of hydrogen-bond acceptors (Lipinski definition) is 4. The van der Waals surface area contributed by atoms with Gasteiger partial charge in [-0.3, -0.25) is 9.78 Å². The largest absolute Gasteiger partial charge is 0.351 e. The second kappa shape index (κ2) is 7.62. The standard InChI is InChI=1S/C21H24N4O/c1-14-13-17-5-6-18(16-7-9-22-10-8-16)24-20(17)19(15(14)2)21(26)23-11-12-25(3)4/h5-10,13H,11-12H2,1-4H3,(H,23,26). The molecular weight excluding hydrogens is 324 g/mol. The molecule has 3 aromatic rings. The number of rotatable bonds is 5. The molecule has 0 spiro atoms. The molecule has 0 unspecified atom stereocenters. The minimum absolute atomic E-state index is 0.0718. The Kier molecular flexibility index (Phi) is 5.28. The lowest BCUT2D eigenvalue weighted by atomic mass is 9.97. The fourth-order valence-corrected chi connectivity index (χ4v) is 2.95. The van der Waals surface area contributed by atoms with E-state index < -0.39 is 0 Å². The first kappa shape index (κ1) is 18.0. The Balaban J connectivity index is 2.07. The maximum atomic E-state index is 12.9. The van der Waals surface area contributed by atoms with Gasteiger partial charge in [0.25, 0.3) is 5.91 Å². The summed E-state index contributed by atoms with van der Waals surface area (Å²) in [6, 6.07) is 9.95. The van der Waals surface area contributed by atoms with Crippen LogP contribution in [0.15, 0.2) is 42.7 Å². The summed E-state index contributed by atoms with van der Waals surface area (Å²) in [4.78, 5) is 23.8. The monoisotopic (exact) mass is 348 g/mol. The molecule has 0 aliphatic heterocycles. The molecule has 2 aromatic heterocycles. The number of aromatic nitrogens is 2. The predicted molar refractivity (Wildman–Crippen MR) is 105 cm³/mol. The van der Waals surface area contributed by atoms with Gasteiger partial charge >= 0.3 is 0 Å². The third-order valence-corrected chi connectivity index (χ3v) is 4.55. The van der Waals surface area contributed by atoms with Gasteiger partial charge in [-0.05, 0) is 63.3 Å². The highest BCUT2D eigenvalue weighted by Crippen LogP contribution is 2.27. The zero-order valence-electron chi connectivity index (χ0n) is 15.7. The van der Waals surface area contributed by atoms with E-state index in [1.165, 1.54) is 0 Å². The molecule has 0 atom stereocenters. The van der Waals surface area contributed by atoms with Crippen molar-refractivity contribution in [3.05, 3.63) is 59.4 Å². The second-order valence-corrected chi connectivity index (χ2v) is 6.76. The van der Waals surface area contributed by atoms with Gasteiger partial charge in [0.2, 0.25) is 0 Å². The van der Waals surface area contributed by atoms with Gasteiger partial charge in [-0.2, -0.15) is 0 Å². The van der Waals surface area contributed by atoms with E-state index in [4.69, 9.17) is 4.98 Å². The van der Waals surface area contributed by atoms with Crippen molar-refractivity contribution in [3.8, 4) is 11.3 Å². The van der Waals surface area contributed by atoms with E-state index in [1.807, 2.05) is 57.1 Å². The first-order valence-electron chi connectivity index (χ1n) is 8.71. The van der Waals surface area contributed by atoms with Gasteiger partial charge in [0, 0.05) is 36.4 Å². The lowest BCUT2D eigenvalue weighted by molar-refractivity contribution is 0.0952. The van der Waals surface area contributed by atoms with E-state index in [0.717, 1.165) is 39.8 Å². The summed E-state index contributed by atoms with van der Waals surface area (Å²) in [5.41, 5.74) is 5.29. The van der Waals surface area contributed by atoms with Crippen LogP contribution in [-0.4, -0.2) is 48.0 Å². The minimum atomic E-state index is -0.0718. The summed E-state index contributed by atoms with van der Waals surface area (Å²) in [7, 11) is 3.98. The highest BCUT2D eigenvalue weighted by Gasteiger charge is 2.17. The Hall–Kier alpha value is -2.79. The highest BCUT2D eigenvalue weighted by molar-refractivity contribution is 6.07. The topological polar surface area (TPSA) is 58.1 Å². The normalized spacial score (nSPS) is 11.1. The minimum Gasteiger partial charge on any atom is -0.351 e. The Morgan fingerprint density at radius 3 is 2.54 bits per heavy atom. The van der Waals surface area contributed by atoms with Crippen LogP contribution in [0.4, 0.5) is 0 Å². The van der Waals surface area contributed by atoms with Gasteiger partial charge in [0.05, 0.1) is 16.8 Å². The maximum Gasteiger partial charge on any atom is 0.253 e. The molecule has 0 aliphatic rings. The van der Waals surface area contributed by atoms with Crippen molar-refractivity contribution in [2.45, 2.75) is 13.8 Å². The molecule has 1 amide bonds. The molecule has 0 saturated carbocycles. The lowest BCUT2D eigenvalue weighted by Crippen LogP contribution is -2.32. The number of pyridine rings is 2. The van der Waals surface area contributed by atoms with E-state index in [1.54, 1.807) is 12.4 Å². The second-order valence-electron chi connectivity index (χ2n) is 6.76. The van der Waals surface area contributed by atoms with Gasteiger partial charge in [-0.1, -0.05) is 6.07 Å². The molecule has 1 N–H and O–H groups in total. The third kappa shape index (κ3) is 3.73. The molecular formula is C21H24N4O. The number of amides is 1. The van der Waals surface area contributed by atoms with E-state index >= 15 is 0 Å². The summed E-state index contributed by atoms with van der Waals surface area (Å²) < 4.78 is 0. The molecule has 0 bridgehead atoms. The Morgan fingerprint density at radius 2 is 1.85 bits per heavy atom. The van der Waals surface area contributed by atoms with Crippen molar-refractivity contribution < 1.29 is 4.79 Å². The number of likely N-dealkylation sites (N-methyl/N-ethyl adjacent to an activating group) is 1. The van der Waals surface area contributed by atoms with Gasteiger partial charge in [-0.25, -0.2) is 4.98 Å². The molecule has 2 heterocycles. The number of carbonyl (C=O) groups is 1. The third-order valence-electron chi connectivity index (χ3n) is 4.55. The van der Waals surface area contributed by atoms with Gasteiger partial charge in [-0.15, -0.1) is 0 Å². The number of fused-ring (bicyclic) bond motifs is 1. The van der Waals surface area contributed by atoms with E-state index in [0.29, 0.717) is 12.1 Å². The van der Waals surface area contributed by atoms with Crippen LogP contribution in [0.25, 0.3) is 22.2 Å². The predicted octanol–water partition coefficient (Wildman–Crippen LogP) is 3.21. The van der Waals surface area contributed by atoms with Crippen LogP contribution in [0.5, 0.6) is 0 Å². The fraction of sp³-hybridized carbons (Fsp3) is 0.286. The van der Waals surface area contributed by atoms with Crippen LogP contribution in [0.3, 0.4) is 0 Å². The molecule has 134 valence electrons. The van der Waals surface area contributed by atoms with E-state index in [9.17, 15) is 4.79 Å². The first-order chi connectivity index (χ1) is 12.5. The number of benzene rings is 1. The number of carbonyl (C=O) groups excluding carboxylic acids is 1. The van der Waals surface area contributed by atoms with Crippen molar-refractivity contribution >= 4 is 16.8 Å². The SMILES string of the molecule is Cc1cc2ccc(-c3ccncc3)nc2c(C(=O)NCCN(C)C)c1C. The molecule has 0 saturated heterocycles. The molecule has 3 rings (SSSR count). The summed E-state index contributed by atoms with van der Waals surface area (Å²) in [5, 5.41) is 3.99. The average molecular weight is 348 g/mol. The first-order valence-corrected chi connectivity index (χ1v) is 8.71. The quantitative estimate of drug-likeness (QED) is 0.769. The maximum absolute atomic E-state index is 12.9. The van der Waals surface area contributed by atoms with Crippen molar-refractivity contribution in [2.75, 3.05) is 27.2 Å². The van der Waals surface area contributed by atoms with Crippen LogP contribution >= 0.6 is 0 Å². The van der Waals surface area contributed by atoms with Crippen LogP contribution in [0.1, 0.15) is 21.5 Å². The number of nitrogens with one attached hydrogen (secondary N) is 1. The fourth-order valence-electron chi connectivity index (χ4n) is 2.95. The van der Waals surface area contributed by atoms with Crippen LogP contribution in [0.2, 0.25) is 0 Å². The van der Waals surface area contributed by atoms with Gasteiger partial charge < -0.3 is 10.2 Å². The molecule has 0 radical (unpaired) electrons. The zero-order valence-corrected chi connectivity index (χ0v) is 15.7. The van der Waals surface area contributed by atoms with Crippen molar-refractivity contribution in [2.24, 2.45) is 0 Å². The number of aryl methyl sites for hydroxylation is 1. The van der Waals surface area contributed by atoms with Crippen LogP contribution in [0, 0.1) is 13.8 Å². The molecule has 5 heteroatoms. The number of nitrogens with zero attached hydrogens (tertiary/aromatic N) is 3. The summed E-state index contributed by atoms with van der Waals surface area (Å²) >= 11 is 0. The molecule has 0 aliphatic carbocycles. The Bertz CT molecular complexity index is 936. The van der Waals surface area contributed by atoms with Gasteiger partial charge in [0.1, 0.15) is 0 Å². The Morgan fingerprint density at radius 1 is 1.12 bits per heavy atom. The number of hydrogen-bond donors (Lipinski definition) is 1. The molecule has 1 aromatic carbocycles. The molecule has 26 heavy (non-hydrogen) atoms. The smallest absolute Gasteiger partial charge is 0.253 e. The van der Waals surface area contributed by atoms with E-state index in [-0.39, 0.29) is 5.91 Å². The van der Waals surface area contributed by atoms with Gasteiger partial charge in [0.15, 0.2) is 0 Å². The Labute approximate surface area is 154 Å². The lowest BCUT2D eigenvalue weighted by Gasteiger charge is -2.15. The molecule has 5 nitrogen and oxygen atoms in total. The van der Waals surface area contributed by atoms with Crippen LogP contribution in [-0.2, 0) is 0 Å². The average Bonchev–Trinajstić information content (AvgIpc) is 2.63. The summed E-state index contributed by atoms with van der Waals surface area (Å²) in [6.45, 7) is 5.41. The summed E-state index contributed by atoms with van der Waals surface area (Å²) in [5.74, 6) is -0.0718. The van der Waals surface area contributed by atoms with E-state index in [2.05, 4.69) is 16.4 Å². The zero-order chi connectivity index (χ0) is 18.7. The molecule has 0 fully saturated rings. The highest BCUT2D eigenvalue weighted by atomic mass is 16.1. The summed E-state index contributed by atoms with van der Waals surface area (Å²) in [6.07, 6.45) is 3.49. The van der Waals surface area contributed by atoms with Crippen molar-refractivity contribution in [1.82, 2.24) is 20.2 Å².